The molecule has 0 radical (unpaired) electrons. The third-order valence-corrected chi connectivity index (χ3v) is 3.61. The predicted molar refractivity (Wildman–Crippen MR) is 74.2 cm³/mol. The number of carbonyl (C=O) groups excluding carboxylic acids is 1. The Morgan fingerprint density at radius 3 is 2.95 bits per heavy atom. The Hall–Kier alpha value is -1.66. The molecule has 0 aliphatic carbocycles. The van der Waals surface area contributed by atoms with E-state index in [1.165, 1.54) is 29.5 Å². The van der Waals surface area contributed by atoms with Gasteiger partial charge in [-0.15, -0.1) is 11.3 Å². The Kier molecular flexibility index (Phi) is 4.34. The van der Waals surface area contributed by atoms with Crippen LogP contribution >= 0.6 is 22.9 Å². The molecule has 2 aromatic rings. The maximum Gasteiger partial charge on any atom is 0.256 e. The number of nitrogens with zero attached hydrogens (tertiary/aromatic N) is 1. The standard InChI is InChI=1S/C12H11ClFN3OS/c1-15-12-17-7(6-19-12)5-16-11(18)10-8(13)3-2-4-9(10)14/h2-4,6H,5H2,1H3,(H,15,17)(H,16,18). The van der Waals surface area contributed by atoms with Crippen LogP contribution in [0.15, 0.2) is 23.6 Å². The molecule has 0 saturated carbocycles. The molecule has 0 fully saturated rings. The van der Waals surface area contributed by atoms with Crippen molar-refractivity contribution in [1.29, 1.82) is 0 Å². The topological polar surface area (TPSA) is 54.0 Å². The van der Waals surface area contributed by atoms with Gasteiger partial charge >= 0.3 is 0 Å². The summed E-state index contributed by atoms with van der Waals surface area (Å²) in [7, 11) is 1.76. The Bertz CT molecular complexity index is 582. The van der Waals surface area contributed by atoms with Crippen LogP contribution in [-0.2, 0) is 6.54 Å². The van der Waals surface area contributed by atoms with Crippen LogP contribution in [0.25, 0.3) is 0 Å². The van der Waals surface area contributed by atoms with Crippen LogP contribution in [0.5, 0.6) is 0 Å². The van der Waals surface area contributed by atoms with Crippen LogP contribution in [0, 0.1) is 5.82 Å². The number of halogens is 2. The number of anilines is 1. The largest absolute Gasteiger partial charge is 0.365 e. The van der Waals surface area contributed by atoms with Crippen molar-refractivity contribution in [3.05, 3.63) is 45.7 Å². The van der Waals surface area contributed by atoms with Gasteiger partial charge in [0.05, 0.1) is 22.8 Å². The van der Waals surface area contributed by atoms with E-state index >= 15 is 0 Å². The van der Waals surface area contributed by atoms with Gasteiger partial charge in [-0.1, -0.05) is 17.7 Å². The monoisotopic (exact) mass is 299 g/mol. The van der Waals surface area contributed by atoms with Gasteiger partial charge in [-0.3, -0.25) is 4.79 Å². The molecule has 1 heterocycles. The molecule has 0 saturated heterocycles. The van der Waals surface area contributed by atoms with Crippen molar-refractivity contribution in [2.24, 2.45) is 0 Å². The smallest absolute Gasteiger partial charge is 0.256 e. The molecule has 19 heavy (non-hydrogen) atoms. The van der Waals surface area contributed by atoms with Gasteiger partial charge in [0.2, 0.25) is 0 Å². The number of thiazole rings is 1. The third-order valence-electron chi connectivity index (χ3n) is 2.39. The van der Waals surface area contributed by atoms with E-state index in [1.54, 1.807) is 7.05 Å². The van der Waals surface area contributed by atoms with Gasteiger partial charge in [0.15, 0.2) is 5.13 Å². The summed E-state index contributed by atoms with van der Waals surface area (Å²) in [5.74, 6) is -1.19. The highest BCUT2D eigenvalue weighted by atomic mass is 35.5. The number of carbonyl (C=O) groups is 1. The number of benzene rings is 1. The molecule has 7 heteroatoms. The maximum absolute atomic E-state index is 13.5. The fourth-order valence-electron chi connectivity index (χ4n) is 1.48. The number of aromatic nitrogens is 1. The first-order valence-corrected chi connectivity index (χ1v) is 6.72. The van der Waals surface area contributed by atoms with Crippen molar-refractivity contribution >= 4 is 34.0 Å². The second-order valence-electron chi connectivity index (χ2n) is 3.67. The first-order valence-electron chi connectivity index (χ1n) is 5.46. The van der Waals surface area contributed by atoms with Crippen molar-refractivity contribution in [3.63, 3.8) is 0 Å². The van der Waals surface area contributed by atoms with Crippen molar-refractivity contribution in [2.45, 2.75) is 6.54 Å². The lowest BCUT2D eigenvalue weighted by atomic mass is 10.2. The zero-order valence-corrected chi connectivity index (χ0v) is 11.6. The second-order valence-corrected chi connectivity index (χ2v) is 4.94. The van der Waals surface area contributed by atoms with E-state index in [2.05, 4.69) is 15.6 Å². The average molecular weight is 300 g/mol. The molecule has 0 aliphatic rings. The van der Waals surface area contributed by atoms with Gasteiger partial charge in [-0.25, -0.2) is 9.37 Å². The van der Waals surface area contributed by atoms with E-state index in [0.29, 0.717) is 5.69 Å². The van der Waals surface area contributed by atoms with E-state index in [1.807, 2.05) is 5.38 Å². The number of rotatable bonds is 4. The molecule has 1 aromatic carbocycles. The molecule has 100 valence electrons. The number of hydrogen-bond donors (Lipinski definition) is 2. The van der Waals surface area contributed by atoms with Crippen LogP contribution in [-0.4, -0.2) is 17.9 Å². The van der Waals surface area contributed by atoms with Crippen LogP contribution < -0.4 is 10.6 Å². The van der Waals surface area contributed by atoms with Gasteiger partial charge in [-0.05, 0) is 12.1 Å². The lowest BCUT2D eigenvalue weighted by molar-refractivity contribution is 0.0946. The number of nitrogens with one attached hydrogen (secondary N) is 2. The van der Waals surface area contributed by atoms with Crippen LogP contribution in [0.2, 0.25) is 5.02 Å². The first-order chi connectivity index (χ1) is 9.11. The van der Waals surface area contributed by atoms with Crippen LogP contribution in [0.4, 0.5) is 9.52 Å². The highest BCUT2D eigenvalue weighted by Crippen LogP contribution is 2.19. The van der Waals surface area contributed by atoms with Crippen molar-refractivity contribution < 1.29 is 9.18 Å². The number of hydrogen-bond acceptors (Lipinski definition) is 4. The van der Waals surface area contributed by atoms with Crippen LogP contribution in [0.1, 0.15) is 16.1 Å². The Morgan fingerprint density at radius 1 is 1.53 bits per heavy atom. The quantitative estimate of drug-likeness (QED) is 0.913. The lowest BCUT2D eigenvalue weighted by Gasteiger charge is -2.06. The molecular formula is C12H11ClFN3OS. The van der Waals surface area contributed by atoms with Gasteiger partial charge in [0.25, 0.3) is 5.91 Å². The van der Waals surface area contributed by atoms with E-state index in [4.69, 9.17) is 11.6 Å². The SMILES string of the molecule is CNc1nc(CNC(=O)c2c(F)cccc2Cl)cs1. The zero-order chi connectivity index (χ0) is 13.8. The fraction of sp³-hybridized carbons (Fsp3) is 0.167. The fourth-order valence-corrected chi connectivity index (χ4v) is 2.40. The third kappa shape index (κ3) is 3.21. The molecule has 1 aromatic heterocycles. The Balaban J connectivity index is 2.05. The minimum absolute atomic E-state index is 0.0895. The minimum atomic E-state index is -0.640. The Morgan fingerprint density at radius 2 is 2.32 bits per heavy atom. The summed E-state index contributed by atoms with van der Waals surface area (Å²) in [5, 5.41) is 8.15. The molecule has 0 bridgehead atoms. The molecule has 1 amide bonds. The van der Waals surface area contributed by atoms with E-state index in [9.17, 15) is 9.18 Å². The van der Waals surface area contributed by atoms with Crippen molar-refractivity contribution in [3.8, 4) is 0 Å². The van der Waals surface area contributed by atoms with E-state index in [0.717, 1.165) is 5.13 Å². The lowest BCUT2D eigenvalue weighted by Crippen LogP contribution is -2.24. The molecular weight excluding hydrogens is 289 g/mol. The summed E-state index contributed by atoms with van der Waals surface area (Å²) in [6.07, 6.45) is 0. The van der Waals surface area contributed by atoms with E-state index in [-0.39, 0.29) is 17.1 Å². The van der Waals surface area contributed by atoms with E-state index < -0.39 is 11.7 Å². The molecule has 2 N–H and O–H groups in total. The summed E-state index contributed by atoms with van der Waals surface area (Å²) in [5.41, 5.74) is 0.559. The maximum atomic E-state index is 13.5. The molecule has 2 rings (SSSR count). The minimum Gasteiger partial charge on any atom is -0.365 e. The van der Waals surface area contributed by atoms with Gasteiger partial charge < -0.3 is 10.6 Å². The summed E-state index contributed by atoms with van der Waals surface area (Å²) >= 11 is 7.24. The Labute approximate surface area is 118 Å². The van der Waals surface area contributed by atoms with Gasteiger partial charge in [-0.2, -0.15) is 0 Å². The average Bonchev–Trinajstić information content (AvgIpc) is 2.84. The van der Waals surface area contributed by atoms with Crippen molar-refractivity contribution in [2.75, 3.05) is 12.4 Å². The molecule has 0 spiro atoms. The highest BCUT2D eigenvalue weighted by molar-refractivity contribution is 7.13. The van der Waals surface area contributed by atoms with Crippen LogP contribution in [0.3, 0.4) is 0 Å². The normalized spacial score (nSPS) is 10.3. The summed E-state index contributed by atoms with van der Waals surface area (Å²) < 4.78 is 13.5. The molecule has 0 aliphatic heterocycles. The summed E-state index contributed by atoms with van der Waals surface area (Å²) in [4.78, 5) is 16.1. The van der Waals surface area contributed by atoms with Gasteiger partial charge in [0.1, 0.15) is 5.82 Å². The first kappa shape index (κ1) is 13.8. The number of amides is 1. The summed E-state index contributed by atoms with van der Waals surface area (Å²) in [6, 6.07) is 4.12. The second kappa shape index (κ2) is 5.99. The molecule has 0 atom stereocenters. The zero-order valence-electron chi connectivity index (χ0n) is 10.0. The molecule has 4 nitrogen and oxygen atoms in total. The van der Waals surface area contributed by atoms with Crippen molar-refractivity contribution in [1.82, 2.24) is 10.3 Å². The molecule has 0 unspecified atom stereocenters. The van der Waals surface area contributed by atoms with Gasteiger partial charge in [0, 0.05) is 12.4 Å². The summed E-state index contributed by atoms with van der Waals surface area (Å²) in [6.45, 7) is 0.224. The highest BCUT2D eigenvalue weighted by Gasteiger charge is 2.15. The predicted octanol–water partition coefficient (Wildman–Crippen LogP) is 2.91.